The zero-order valence-electron chi connectivity index (χ0n) is 38.2. The average Bonchev–Trinajstić information content (AvgIpc) is 3.74. The Bertz CT molecular complexity index is 2490. The van der Waals surface area contributed by atoms with Gasteiger partial charge in [-0.15, -0.1) is 0 Å². The van der Waals surface area contributed by atoms with Crippen molar-refractivity contribution >= 4 is 43.7 Å². The normalized spacial score (nSPS) is 11.6. The summed E-state index contributed by atoms with van der Waals surface area (Å²) in [6, 6.07) is 7.94. The Morgan fingerprint density at radius 3 is 1.24 bits per heavy atom. The molecule has 0 bridgehead atoms. The van der Waals surface area contributed by atoms with Gasteiger partial charge >= 0.3 is 5.97 Å². The molecule has 0 aliphatic carbocycles. The highest BCUT2D eigenvalue weighted by molar-refractivity contribution is 7.90. The Balaban J connectivity index is 0.000000359. The van der Waals surface area contributed by atoms with Crippen LogP contribution in [0.3, 0.4) is 0 Å². The van der Waals surface area contributed by atoms with Crippen LogP contribution >= 0.6 is 0 Å². The quantitative estimate of drug-likeness (QED) is 0.161. The molecule has 0 aliphatic heterocycles. The minimum atomic E-state index is -4.29. The van der Waals surface area contributed by atoms with Gasteiger partial charge in [0.1, 0.15) is 23.0 Å². The van der Waals surface area contributed by atoms with Gasteiger partial charge < -0.3 is 14.9 Å². The Kier molecular flexibility index (Phi) is 18.5. The summed E-state index contributed by atoms with van der Waals surface area (Å²) >= 11 is 0. The molecular weight excluding hydrogens is 863 g/mol. The highest BCUT2D eigenvalue weighted by Gasteiger charge is 2.27. The van der Waals surface area contributed by atoms with Crippen molar-refractivity contribution in [2.75, 3.05) is 28.2 Å². The lowest BCUT2D eigenvalue weighted by Crippen LogP contribution is -2.32. The molecule has 2 aromatic heterocycles. The minimum Gasteiger partial charge on any atom is -0.481 e. The van der Waals surface area contributed by atoms with Gasteiger partial charge in [-0.25, -0.2) is 27.1 Å². The first-order valence-corrected chi connectivity index (χ1v) is 22.8. The van der Waals surface area contributed by atoms with Gasteiger partial charge in [-0.2, -0.15) is 18.6 Å². The van der Waals surface area contributed by atoms with E-state index >= 15 is 0 Å². The third kappa shape index (κ3) is 14.5. The number of hydrogen-bond donors (Lipinski definition) is 3. The summed E-state index contributed by atoms with van der Waals surface area (Å²) in [6.07, 6.45) is -0.266. The molecule has 63 heavy (non-hydrogen) atoms. The number of primary sulfonamides is 1. The third-order valence-corrected chi connectivity index (χ3v) is 11.5. The number of aromatic nitrogens is 4. The summed E-state index contributed by atoms with van der Waals surface area (Å²) in [4.78, 5) is 49.9. The van der Waals surface area contributed by atoms with Crippen molar-refractivity contribution in [3.63, 3.8) is 0 Å². The highest BCUT2D eigenvalue weighted by Crippen LogP contribution is 2.31. The number of nitrogens with zero attached hydrogens (tertiary/aromatic N) is 6. The first-order valence-electron chi connectivity index (χ1n) is 19.8. The van der Waals surface area contributed by atoms with Crippen LogP contribution < -0.4 is 9.86 Å². The Labute approximate surface area is 368 Å². The van der Waals surface area contributed by atoms with Gasteiger partial charge in [0.25, 0.3) is 31.9 Å². The third-order valence-electron chi connectivity index (χ3n) is 9.50. The van der Waals surface area contributed by atoms with E-state index in [-0.39, 0.29) is 64.7 Å². The van der Waals surface area contributed by atoms with Gasteiger partial charge in [0.2, 0.25) is 5.91 Å². The number of rotatable bonds is 13. The fourth-order valence-electron chi connectivity index (χ4n) is 6.39. The lowest BCUT2D eigenvalue weighted by Gasteiger charge is -2.19. The number of nitrogens with two attached hydrogens (primary N) is 1. The molecule has 3 amide bonds. The SMILES string of the molecule is CC(C)c1cc(F)cc(C(C)C)c1CC(=O)NS(=O)(=O)c1cc(C(=O)N(C)C)n(C)n1.CC(C)c1cc(F)cc(C(C)C)c1CC(=O)O.CN(C)C(=O)c1cc(S(N)(=O)=O)nn1C. The van der Waals surface area contributed by atoms with Gasteiger partial charge in [-0.05, 0) is 81.3 Å². The second-order valence-electron chi connectivity index (χ2n) is 16.4. The summed E-state index contributed by atoms with van der Waals surface area (Å²) in [6.45, 7) is 15.3. The zero-order chi connectivity index (χ0) is 48.6. The lowest BCUT2D eigenvalue weighted by atomic mass is 9.87. The predicted molar refractivity (Wildman–Crippen MR) is 233 cm³/mol. The van der Waals surface area contributed by atoms with Crippen LogP contribution in [0.5, 0.6) is 0 Å². The van der Waals surface area contributed by atoms with E-state index in [0.717, 1.165) is 33.5 Å². The van der Waals surface area contributed by atoms with Crippen LogP contribution in [0, 0.1) is 11.6 Å². The molecule has 4 N–H and O–H groups in total. The number of carbonyl (C=O) groups is 4. The van der Waals surface area contributed by atoms with Crippen molar-refractivity contribution in [3.05, 3.63) is 92.8 Å². The van der Waals surface area contributed by atoms with E-state index in [1.54, 1.807) is 14.1 Å². The summed E-state index contributed by atoms with van der Waals surface area (Å²) in [5.41, 5.74) is 4.55. The number of benzene rings is 2. The van der Waals surface area contributed by atoms with E-state index in [4.69, 9.17) is 10.2 Å². The number of carboxylic acids is 1. The molecule has 0 spiro atoms. The van der Waals surface area contributed by atoms with Crippen molar-refractivity contribution < 1.29 is 49.9 Å². The maximum absolute atomic E-state index is 14.1. The number of nitrogens with one attached hydrogen (secondary N) is 1. The number of aryl methyl sites for hydroxylation is 2. The van der Waals surface area contributed by atoms with Gasteiger partial charge in [0, 0.05) is 54.4 Å². The number of amides is 3. The molecule has 0 unspecified atom stereocenters. The summed E-state index contributed by atoms with van der Waals surface area (Å²) in [7, 11) is 0.956. The van der Waals surface area contributed by atoms with Crippen LogP contribution in [0.15, 0.2) is 46.5 Å². The monoisotopic (exact) mass is 922 g/mol. The molecule has 21 heteroatoms. The molecule has 0 saturated carbocycles. The van der Waals surface area contributed by atoms with E-state index in [2.05, 4.69) is 10.2 Å². The Morgan fingerprint density at radius 2 is 0.952 bits per heavy atom. The minimum absolute atomic E-state index is 0.0404. The fraction of sp³-hybridized carbons (Fsp3) is 0.476. The topological polar surface area (TPSA) is 237 Å². The Hall–Kier alpha value is -5.54. The summed E-state index contributed by atoms with van der Waals surface area (Å²) in [5, 5.41) is 20.6. The van der Waals surface area contributed by atoms with Crippen LogP contribution in [-0.4, -0.2) is 103 Å². The predicted octanol–water partition coefficient (Wildman–Crippen LogP) is 5.02. The highest BCUT2D eigenvalue weighted by atomic mass is 32.2. The lowest BCUT2D eigenvalue weighted by molar-refractivity contribution is -0.136. The average molecular weight is 923 g/mol. The van der Waals surface area contributed by atoms with Crippen LogP contribution in [0.4, 0.5) is 8.78 Å². The number of aliphatic carboxylic acids is 1. The molecule has 4 aromatic rings. The van der Waals surface area contributed by atoms with Crippen LogP contribution in [0.25, 0.3) is 0 Å². The van der Waals surface area contributed by atoms with Gasteiger partial charge in [0.05, 0.1) is 12.8 Å². The number of sulfonamides is 2. The second kappa shape index (κ2) is 21.7. The second-order valence-corrected chi connectivity index (χ2v) is 19.6. The van der Waals surface area contributed by atoms with Crippen molar-refractivity contribution in [2.45, 2.75) is 102 Å². The molecule has 17 nitrogen and oxygen atoms in total. The molecule has 348 valence electrons. The van der Waals surface area contributed by atoms with Crippen molar-refractivity contribution in [1.82, 2.24) is 34.1 Å². The Morgan fingerprint density at radius 1 is 0.635 bits per heavy atom. The summed E-state index contributed by atoms with van der Waals surface area (Å²) < 4.78 is 79.3. The molecule has 0 atom stereocenters. The van der Waals surface area contributed by atoms with E-state index in [0.29, 0.717) is 16.7 Å². The molecule has 0 fully saturated rings. The van der Waals surface area contributed by atoms with Gasteiger partial charge in [0.15, 0.2) is 10.1 Å². The number of hydrogen-bond acceptors (Lipinski definition) is 10. The van der Waals surface area contributed by atoms with E-state index in [1.807, 2.05) is 60.1 Å². The van der Waals surface area contributed by atoms with E-state index in [9.17, 15) is 44.8 Å². The smallest absolute Gasteiger partial charge is 0.307 e. The fourth-order valence-corrected chi connectivity index (χ4v) is 7.87. The maximum atomic E-state index is 14.1. The standard InChI is InChI=1S/C21H29FN4O4S.C14H19FO2.C7H12N4O3S/c1-12(2)15-8-14(22)9-16(13(3)4)17(15)10-19(27)24-31(29,30)20-11-18(26(7)23-20)21(28)25(5)6;1-8(2)11-5-10(15)6-12(9(3)4)13(11)7-14(16)17;1-10(2)7(12)5-4-6(9-11(5)3)15(8,13)14/h8-9,11-13H,10H2,1-7H3,(H,24,27);5-6,8-9H,7H2,1-4H3,(H,16,17);4H,1-3H3,(H2,8,13,14). The van der Waals surface area contributed by atoms with Crippen molar-refractivity contribution in [1.29, 1.82) is 0 Å². The molecule has 2 heterocycles. The van der Waals surface area contributed by atoms with Crippen LogP contribution in [0.1, 0.15) is 133 Å². The number of carbonyl (C=O) groups excluding carboxylic acids is 3. The van der Waals surface area contributed by atoms with E-state index in [1.165, 1.54) is 66.9 Å². The molecule has 0 radical (unpaired) electrons. The van der Waals surface area contributed by atoms with Crippen molar-refractivity contribution in [3.8, 4) is 0 Å². The van der Waals surface area contributed by atoms with E-state index < -0.39 is 48.7 Å². The largest absolute Gasteiger partial charge is 0.481 e. The van der Waals surface area contributed by atoms with Crippen molar-refractivity contribution in [2.24, 2.45) is 19.2 Å². The number of halogens is 2. The first kappa shape index (κ1) is 53.6. The zero-order valence-corrected chi connectivity index (χ0v) is 39.9. The molecule has 0 aliphatic rings. The molecule has 2 aromatic carbocycles. The molecular formula is C42H60F2N8O9S2. The summed E-state index contributed by atoms with van der Waals surface area (Å²) in [5.74, 6) is -2.93. The molecule has 4 rings (SSSR count). The first-order chi connectivity index (χ1) is 28.8. The van der Waals surface area contributed by atoms with Crippen LogP contribution in [0.2, 0.25) is 0 Å². The molecule has 0 saturated heterocycles. The van der Waals surface area contributed by atoms with Gasteiger partial charge in [-0.3, -0.25) is 28.5 Å². The van der Waals surface area contributed by atoms with Gasteiger partial charge in [-0.1, -0.05) is 55.4 Å². The van der Waals surface area contributed by atoms with Crippen LogP contribution in [-0.2, 0) is 56.6 Å². The number of carboxylic acid groups (broad SMARTS) is 1. The maximum Gasteiger partial charge on any atom is 0.307 e.